The van der Waals surface area contributed by atoms with Crippen LogP contribution >= 0.6 is 0 Å². The Morgan fingerprint density at radius 3 is 2.46 bits per heavy atom. The number of hydrogen-bond donors (Lipinski definition) is 1. The van der Waals surface area contributed by atoms with Crippen LogP contribution in [0, 0.1) is 17.5 Å². The third-order valence-corrected chi connectivity index (χ3v) is 8.16. The lowest BCUT2D eigenvalue weighted by Crippen LogP contribution is -2.53. The van der Waals surface area contributed by atoms with Gasteiger partial charge in [0.2, 0.25) is 0 Å². The van der Waals surface area contributed by atoms with E-state index in [1.54, 1.807) is 41.3 Å². The smallest absolute Gasteiger partial charge is 0.264 e. The Kier molecular flexibility index (Phi) is 7.28. The number of carbonyl (C=O) groups excluding carboxylic acids is 1. The van der Waals surface area contributed by atoms with Crippen molar-refractivity contribution in [1.82, 2.24) is 14.8 Å². The molecule has 1 aliphatic rings. The molecular formula is C28H25F3N4O3S. The Morgan fingerprint density at radius 2 is 1.72 bits per heavy atom. The number of benzene rings is 3. The third-order valence-electron chi connectivity index (χ3n) is 6.75. The Labute approximate surface area is 223 Å². The second-order valence-corrected chi connectivity index (χ2v) is 11.1. The van der Waals surface area contributed by atoms with Crippen LogP contribution in [0.15, 0.2) is 77.8 Å². The van der Waals surface area contributed by atoms with Crippen molar-refractivity contribution in [2.75, 3.05) is 24.4 Å². The Hall–Kier alpha value is -3.96. The quantitative estimate of drug-likeness (QED) is 0.347. The highest BCUT2D eigenvalue weighted by Gasteiger charge is 2.29. The van der Waals surface area contributed by atoms with E-state index in [1.807, 2.05) is 11.8 Å². The standard InChI is InChI=1S/C28H25F3N4O3S/c1-18-16-34(17-21-9-12-23(29)26(31)25(21)30)14-15-35(18)28(36)20-7-10-22(11-8-20)33-39(37,38)24-6-2-4-19-5-3-13-32-27(19)24/h2-13,18,33H,14-17H2,1H3/t18-/m0/s1. The second-order valence-electron chi connectivity index (χ2n) is 9.43. The van der Waals surface area contributed by atoms with Gasteiger partial charge in [-0.3, -0.25) is 19.4 Å². The third kappa shape index (κ3) is 5.45. The molecule has 7 nitrogen and oxygen atoms in total. The van der Waals surface area contributed by atoms with Crippen molar-refractivity contribution in [2.45, 2.75) is 24.4 Å². The van der Waals surface area contributed by atoms with Gasteiger partial charge < -0.3 is 4.90 Å². The number of halogens is 3. The number of piperazine rings is 1. The number of carbonyl (C=O) groups is 1. The molecule has 1 aromatic heterocycles. The van der Waals surface area contributed by atoms with Gasteiger partial charge in [-0.2, -0.15) is 0 Å². The molecular weight excluding hydrogens is 529 g/mol. The maximum atomic E-state index is 14.1. The molecule has 1 atom stereocenters. The summed E-state index contributed by atoms with van der Waals surface area (Å²) in [5, 5.41) is 0.700. The Balaban J connectivity index is 1.24. The van der Waals surface area contributed by atoms with Crippen molar-refractivity contribution in [3.8, 4) is 0 Å². The average molecular weight is 555 g/mol. The molecule has 0 unspecified atom stereocenters. The van der Waals surface area contributed by atoms with Gasteiger partial charge in [0.25, 0.3) is 15.9 Å². The van der Waals surface area contributed by atoms with Gasteiger partial charge in [-0.05, 0) is 49.4 Å². The van der Waals surface area contributed by atoms with Gasteiger partial charge in [0, 0.05) is 60.6 Å². The van der Waals surface area contributed by atoms with Crippen molar-refractivity contribution >= 4 is 32.5 Å². The van der Waals surface area contributed by atoms with Gasteiger partial charge in [-0.1, -0.05) is 24.3 Å². The number of hydrogen-bond acceptors (Lipinski definition) is 5. The minimum atomic E-state index is -3.93. The number of anilines is 1. The summed E-state index contributed by atoms with van der Waals surface area (Å²) in [6, 6.07) is 16.5. The first-order valence-corrected chi connectivity index (χ1v) is 13.7. The topological polar surface area (TPSA) is 82.6 Å². The zero-order valence-electron chi connectivity index (χ0n) is 20.9. The van der Waals surface area contributed by atoms with E-state index >= 15 is 0 Å². The number of aromatic nitrogens is 1. The maximum absolute atomic E-state index is 14.1. The van der Waals surface area contributed by atoms with Crippen LogP contribution in [0.5, 0.6) is 0 Å². The highest BCUT2D eigenvalue weighted by molar-refractivity contribution is 7.93. The summed E-state index contributed by atoms with van der Waals surface area (Å²) in [4.78, 5) is 21.0. The van der Waals surface area contributed by atoms with Crippen LogP contribution in [0.4, 0.5) is 18.9 Å². The van der Waals surface area contributed by atoms with Crippen molar-refractivity contribution < 1.29 is 26.4 Å². The predicted molar refractivity (Wildman–Crippen MR) is 141 cm³/mol. The van der Waals surface area contributed by atoms with Gasteiger partial charge in [0.15, 0.2) is 17.5 Å². The summed E-state index contributed by atoms with van der Waals surface area (Å²) in [5.74, 6) is -4.15. The van der Waals surface area contributed by atoms with Gasteiger partial charge in [0.1, 0.15) is 4.90 Å². The van der Waals surface area contributed by atoms with Crippen LogP contribution in [0.25, 0.3) is 10.9 Å². The fourth-order valence-corrected chi connectivity index (χ4v) is 6.00. The number of pyridine rings is 1. The van der Waals surface area contributed by atoms with Gasteiger partial charge in [-0.15, -0.1) is 0 Å². The van der Waals surface area contributed by atoms with E-state index in [2.05, 4.69) is 9.71 Å². The number of fused-ring (bicyclic) bond motifs is 1. The number of amides is 1. The Bertz CT molecular complexity index is 1640. The number of sulfonamides is 1. The largest absolute Gasteiger partial charge is 0.333 e. The molecule has 1 aliphatic heterocycles. The van der Waals surface area contributed by atoms with E-state index in [9.17, 15) is 26.4 Å². The molecule has 1 N–H and O–H groups in total. The van der Waals surface area contributed by atoms with Gasteiger partial charge in [-0.25, -0.2) is 21.6 Å². The predicted octanol–water partition coefficient (Wildman–Crippen LogP) is 4.80. The van der Waals surface area contributed by atoms with E-state index in [0.717, 1.165) is 6.07 Å². The number of nitrogens with one attached hydrogen (secondary N) is 1. The number of rotatable bonds is 6. The molecule has 1 amide bonds. The van der Waals surface area contributed by atoms with E-state index in [4.69, 9.17) is 0 Å². The lowest BCUT2D eigenvalue weighted by molar-refractivity contribution is 0.0473. The van der Waals surface area contributed by atoms with E-state index < -0.39 is 27.5 Å². The minimum absolute atomic E-state index is 0.0516. The monoisotopic (exact) mass is 554 g/mol. The molecule has 0 bridgehead atoms. The summed E-state index contributed by atoms with van der Waals surface area (Å²) in [6.07, 6.45) is 1.53. The van der Waals surface area contributed by atoms with Crippen LogP contribution in [0.3, 0.4) is 0 Å². The van der Waals surface area contributed by atoms with Crippen LogP contribution < -0.4 is 4.72 Å². The molecule has 4 aromatic rings. The fraction of sp³-hybridized carbons (Fsp3) is 0.214. The molecule has 0 saturated carbocycles. The van der Waals surface area contributed by atoms with Gasteiger partial charge in [0.05, 0.1) is 5.52 Å². The average Bonchev–Trinajstić information content (AvgIpc) is 2.93. The lowest BCUT2D eigenvalue weighted by Gasteiger charge is -2.40. The van der Waals surface area contributed by atoms with Crippen molar-refractivity contribution in [3.05, 3.63) is 102 Å². The summed E-state index contributed by atoms with van der Waals surface area (Å²) in [5.41, 5.74) is 1.10. The molecule has 2 heterocycles. The van der Waals surface area contributed by atoms with Gasteiger partial charge >= 0.3 is 0 Å². The molecule has 0 radical (unpaired) electrons. The number of nitrogens with zero attached hydrogens (tertiary/aromatic N) is 3. The Morgan fingerprint density at radius 1 is 0.974 bits per heavy atom. The van der Waals surface area contributed by atoms with Crippen LogP contribution in [0.1, 0.15) is 22.8 Å². The van der Waals surface area contributed by atoms with E-state index in [0.29, 0.717) is 41.8 Å². The van der Waals surface area contributed by atoms with Crippen LogP contribution in [-0.4, -0.2) is 54.8 Å². The van der Waals surface area contributed by atoms with Crippen LogP contribution in [0.2, 0.25) is 0 Å². The van der Waals surface area contributed by atoms with Crippen molar-refractivity contribution in [1.29, 1.82) is 0 Å². The minimum Gasteiger partial charge on any atom is -0.333 e. The second kappa shape index (κ2) is 10.7. The fourth-order valence-electron chi connectivity index (χ4n) is 4.76. The first-order valence-electron chi connectivity index (χ1n) is 12.3. The molecule has 0 aliphatic carbocycles. The molecule has 39 heavy (non-hydrogen) atoms. The highest BCUT2D eigenvalue weighted by atomic mass is 32.2. The SMILES string of the molecule is C[C@H]1CN(Cc2ccc(F)c(F)c2F)CCN1C(=O)c1ccc(NS(=O)(=O)c2cccc3cccnc23)cc1. The molecule has 1 fully saturated rings. The molecule has 3 aromatic carbocycles. The zero-order valence-corrected chi connectivity index (χ0v) is 21.8. The molecule has 5 rings (SSSR count). The van der Waals surface area contributed by atoms with Crippen molar-refractivity contribution in [3.63, 3.8) is 0 Å². The summed E-state index contributed by atoms with van der Waals surface area (Å²) >= 11 is 0. The number of para-hydroxylation sites is 1. The highest BCUT2D eigenvalue weighted by Crippen LogP contribution is 2.24. The van der Waals surface area contributed by atoms with Crippen LogP contribution in [-0.2, 0) is 16.6 Å². The molecule has 0 spiro atoms. The lowest BCUT2D eigenvalue weighted by atomic mass is 10.1. The first-order chi connectivity index (χ1) is 18.6. The van der Waals surface area contributed by atoms with E-state index in [1.165, 1.54) is 30.5 Å². The van der Waals surface area contributed by atoms with E-state index in [-0.39, 0.29) is 29.0 Å². The maximum Gasteiger partial charge on any atom is 0.264 e. The summed E-state index contributed by atoms with van der Waals surface area (Å²) in [7, 11) is -3.93. The first kappa shape index (κ1) is 26.6. The molecule has 11 heteroatoms. The zero-order chi connectivity index (χ0) is 27.7. The molecule has 1 saturated heterocycles. The summed E-state index contributed by atoms with van der Waals surface area (Å²) < 4.78 is 69.5. The molecule has 202 valence electrons. The normalized spacial score (nSPS) is 16.4. The summed E-state index contributed by atoms with van der Waals surface area (Å²) in [6.45, 7) is 3.14. The van der Waals surface area contributed by atoms with Crippen molar-refractivity contribution in [2.24, 2.45) is 0 Å².